The number of hydrogen-bond donors (Lipinski definition) is 2. The van der Waals surface area contributed by atoms with Crippen LogP contribution in [0.15, 0.2) is 36.4 Å². The minimum atomic E-state index is -0.869. The maximum Gasteiger partial charge on any atom is 0.309 e. The Labute approximate surface area is 158 Å². The summed E-state index contributed by atoms with van der Waals surface area (Å²) in [6.07, 6.45) is 1.46. The minimum Gasteiger partial charge on any atom is -0.497 e. The average molecular weight is 368 g/mol. The van der Waals surface area contributed by atoms with Crippen LogP contribution in [0.3, 0.4) is 0 Å². The lowest BCUT2D eigenvalue weighted by Gasteiger charge is -2.41. The molecule has 2 aromatic rings. The molecule has 2 N–H and O–H groups in total. The van der Waals surface area contributed by atoms with Crippen molar-refractivity contribution in [2.45, 2.75) is 31.3 Å². The van der Waals surface area contributed by atoms with Crippen molar-refractivity contribution in [2.24, 2.45) is 5.92 Å². The van der Waals surface area contributed by atoms with E-state index in [1.807, 2.05) is 12.1 Å². The lowest BCUT2D eigenvalue weighted by molar-refractivity contribution is -0.144. The summed E-state index contributed by atoms with van der Waals surface area (Å²) in [4.78, 5) is 25.7. The van der Waals surface area contributed by atoms with Gasteiger partial charge in [0, 0.05) is 26.1 Å². The first-order valence-electron chi connectivity index (χ1n) is 9.32. The molecule has 1 spiro atoms. The number of piperidine rings is 1. The number of nitrogens with zero attached hydrogens (tertiary/aromatic N) is 1. The van der Waals surface area contributed by atoms with Crippen LogP contribution in [0.25, 0.3) is 10.8 Å². The number of rotatable bonds is 4. The lowest BCUT2D eigenvalue weighted by atomic mass is 9.77. The Morgan fingerprint density at radius 3 is 2.63 bits per heavy atom. The van der Waals surface area contributed by atoms with E-state index in [9.17, 15) is 14.7 Å². The largest absolute Gasteiger partial charge is 0.497 e. The van der Waals surface area contributed by atoms with Crippen molar-refractivity contribution in [2.75, 3.05) is 20.2 Å². The molecule has 2 aliphatic heterocycles. The summed E-state index contributed by atoms with van der Waals surface area (Å²) in [5, 5.41) is 14.8. The zero-order valence-electron chi connectivity index (χ0n) is 15.4. The molecule has 0 radical (unpaired) electrons. The van der Waals surface area contributed by atoms with Gasteiger partial charge in [-0.1, -0.05) is 18.2 Å². The van der Waals surface area contributed by atoms with E-state index in [4.69, 9.17) is 4.74 Å². The van der Waals surface area contributed by atoms with E-state index in [0.29, 0.717) is 12.8 Å². The van der Waals surface area contributed by atoms with E-state index in [1.54, 1.807) is 7.11 Å². The minimum absolute atomic E-state index is 0.101. The van der Waals surface area contributed by atoms with Crippen molar-refractivity contribution in [1.82, 2.24) is 10.2 Å². The highest BCUT2D eigenvalue weighted by Gasteiger charge is 2.51. The highest BCUT2D eigenvalue weighted by atomic mass is 16.5. The van der Waals surface area contributed by atoms with Crippen LogP contribution in [0.2, 0.25) is 0 Å². The summed E-state index contributed by atoms with van der Waals surface area (Å²) in [7, 11) is 1.67. The number of hydrogen-bond acceptors (Lipinski definition) is 4. The van der Waals surface area contributed by atoms with Crippen LogP contribution in [0, 0.1) is 5.92 Å². The molecular formula is C21H24N2O4. The van der Waals surface area contributed by atoms with E-state index < -0.39 is 17.4 Å². The number of nitrogens with one attached hydrogen (secondary N) is 1. The topological polar surface area (TPSA) is 78.9 Å². The van der Waals surface area contributed by atoms with Gasteiger partial charge in [-0.2, -0.15) is 0 Å². The molecule has 2 aliphatic rings. The molecule has 6 nitrogen and oxygen atoms in total. The molecule has 1 atom stereocenters. The first-order valence-corrected chi connectivity index (χ1v) is 9.32. The third-order valence-electron chi connectivity index (χ3n) is 6.01. The van der Waals surface area contributed by atoms with Crippen LogP contribution in [0.1, 0.15) is 24.8 Å². The molecule has 2 heterocycles. The van der Waals surface area contributed by atoms with E-state index in [0.717, 1.165) is 30.8 Å². The van der Waals surface area contributed by atoms with Gasteiger partial charge in [-0.3, -0.25) is 14.5 Å². The first-order chi connectivity index (χ1) is 13.0. The van der Waals surface area contributed by atoms with Crippen molar-refractivity contribution >= 4 is 22.6 Å². The molecule has 0 bridgehead atoms. The second-order valence-electron chi connectivity index (χ2n) is 7.62. The average Bonchev–Trinajstić information content (AvgIpc) is 2.99. The summed E-state index contributed by atoms with van der Waals surface area (Å²) < 4.78 is 5.27. The number of benzene rings is 2. The van der Waals surface area contributed by atoms with E-state index in [2.05, 4.69) is 34.5 Å². The molecule has 1 unspecified atom stereocenters. The predicted octanol–water partition coefficient (Wildman–Crippen LogP) is 2.40. The Balaban J connectivity index is 1.44. The van der Waals surface area contributed by atoms with Crippen molar-refractivity contribution < 1.29 is 19.4 Å². The van der Waals surface area contributed by atoms with Crippen LogP contribution < -0.4 is 10.1 Å². The number of ether oxygens (including phenoxy) is 1. The molecule has 27 heavy (non-hydrogen) atoms. The Bertz CT molecular complexity index is 887. The van der Waals surface area contributed by atoms with Crippen LogP contribution >= 0.6 is 0 Å². The third kappa shape index (κ3) is 3.37. The maximum atomic E-state index is 11.8. The monoisotopic (exact) mass is 368 g/mol. The van der Waals surface area contributed by atoms with Gasteiger partial charge >= 0.3 is 5.97 Å². The van der Waals surface area contributed by atoms with Crippen molar-refractivity contribution in [3.05, 3.63) is 42.0 Å². The fourth-order valence-corrected chi connectivity index (χ4v) is 4.46. The Hall–Kier alpha value is -2.60. The highest BCUT2D eigenvalue weighted by Crippen LogP contribution is 2.37. The Kier molecular flexibility index (Phi) is 4.52. The number of aliphatic carboxylic acids is 1. The number of carbonyl (C=O) groups is 2. The van der Waals surface area contributed by atoms with Gasteiger partial charge in [0.1, 0.15) is 5.75 Å². The third-order valence-corrected chi connectivity index (χ3v) is 6.01. The molecule has 1 amide bonds. The second kappa shape index (κ2) is 6.85. The normalized spacial score (nSPS) is 22.1. The second-order valence-corrected chi connectivity index (χ2v) is 7.62. The number of likely N-dealkylation sites (tertiary alicyclic amines) is 1. The van der Waals surface area contributed by atoms with Gasteiger partial charge in [-0.25, -0.2) is 0 Å². The summed E-state index contributed by atoms with van der Waals surface area (Å²) in [5.74, 6) is -0.765. The van der Waals surface area contributed by atoms with Crippen LogP contribution in [0.5, 0.6) is 5.75 Å². The van der Waals surface area contributed by atoms with Crippen LogP contribution in [0.4, 0.5) is 0 Å². The fraction of sp³-hybridized carbons (Fsp3) is 0.429. The quantitative estimate of drug-likeness (QED) is 0.866. The summed E-state index contributed by atoms with van der Waals surface area (Å²) in [6, 6.07) is 12.5. The van der Waals surface area contributed by atoms with Gasteiger partial charge in [-0.15, -0.1) is 0 Å². The molecular weight excluding hydrogens is 344 g/mol. The Morgan fingerprint density at radius 1 is 1.22 bits per heavy atom. The SMILES string of the molecule is COc1ccc2cc(CN3CCC4(CC3)NC(=O)CC4C(=O)O)ccc2c1. The number of methoxy groups -OCH3 is 1. The van der Waals surface area contributed by atoms with Gasteiger partial charge in [0.15, 0.2) is 0 Å². The number of amides is 1. The number of carboxylic acid groups (broad SMARTS) is 1. The lowest BCUT2D eigenvalue weighted by Crippen LogP contribution is -2.55. The molecule has 6 heteroatoms. The molecule has 2 saturated heterocycles. The fourth-order valence-electron chi connectivity index (χ4n) is 4.46. The van der Waals surface area contributed by atoms with Crippen molar-refractivity contribution in [1.29, 1.82) is 0 Å². The molecule has 4 rings (SSSR count). The zero-order chi connectivity index (χ0) is 19.0. The molecule has 2 aromatic carbocycles. The van der Waals surface area contributed by atoms with E-state index in [-0.39, 0.29) is 12.3 Å². The molecule has 0 saturated carbocycles. The molecule has 142 valence electrons. The molecule has 2 fully saturated rings. The summed E-state index contributed by atoms with van der Waals surface area (Å²) in [5.41, 5.74) is 0.660. The van der Waals surface area contributed by atoms with Crippen molar-refractivity contribution in [3.8, 4) is 5.75 Å². The number of fused-ring (bicyclic) bond motifs is 1. The van der Waals surface area contributed by atoms with Gasteiger partial charge in [0.05, 0.1) is 18.6 Å². The zero-order valence-corrected chi connectivity index (χ0v) is 15.4. The predicted molar refractivity (Wildman–Crippen MR) is 102 cm³/mol. The van der Waals surface area contributed by atoms with Gasteiger partial charge in [-0.05, 0) is 47.4 Å². The number of carboxylic acids is 1. The van der Waals surface area contributed by atoms with Gasteiger partial charge in [0.25, 0.3) is 0 Å². The summed E-state index contributed by atoms with van der Waals surface area (Å²) >= 11 is 0. The standard InChI is InChI=1S/C21H24N2O4/c1-27-17-5-4-15-10-14(2-3-16(15)11-17)13-23-8-6-21(7-9-23)18(20(25)26)12-19(24)22-21/h2-5,10-11,18H,6-9,12-13H2,1H3,(H,22,24)(H,25,26). The molecule has 0 aliphatic carbocycles. The number of carbonyl (C=O) groups excluding carboxylic acids is 1. The van der Waals surface area contributed by atoms with Crippen molar-refractivity contribution in [3.63, 3.8) is 0 Å². The van der Waals surface area contributed by atoms with E-state index in [1.165, 1.54) is 10.9 Å². The van der Waals surface area contributed by atoms with Crippen LogP contribution in [-0.2, 0) is 16.1 Å². The Morgan fingerprint density at radius 2 is 1.93 bits per heavy atom. The molecule has 0 aromatic heterocycles. The smallest absolute Gasteiger partial charge is 0.309 e. The summed E-state index contributed by atoms with van der Waals surface area (Å²) in [6.45, 7) is 2.39. The highest BCUT2D eigenvalue weighted by molar-refractivity contribution is 5.88. The van der Waals surface area contributed by atoms with E-state index >= 15 is 0 Å². The van der Waals surface area contributed by atoms with Crippen LogP contribution in [-0.4, -0.2) is 47.6 Å². The van der Waals surface area contributed by atoms with Gasteiger partial charge < -0.3 is 15.2 Å². The maximum absolute atomic E-state index is 11.8. The first kappa shape index (κ1) is 17.8. The van der Waals surface area contributed by atoms with Gasteiger partial charge in [0.2, 0.25) is 5.91 Å².